The molecule has 20 heavy (non-hydrogen) atoms. The van der Waals surface area contributed by atoms with E-state index in [2.05, 4.69) is 5.32 Å². The van der Waals surface area contributed by atoms with Crippen LogP contribution in [0.25, 0.3) is 0 Å². The van der Waals surface area contributed by atoms with Gasteiger partial charge in [-0.25, -0.2) is 4.39 Å². The summed E-state index contributed by atoms with van der Waals surface area (Å²) in [5.74, 6) is -0.874. The predicted molar refractivity (Wildman–Crippen MR) is 74.7 cm³/mol. The summed E-state index contributed by atoms with van der Waals surface area (Å²) in [6.45, 7) is 1.70. The molecule has 0 bridgehead atoms. The lowest BCUT2D eigenvalue weighted by atomic mass is 10.0. The van der Waals surface area contributed by atoms with Gasteiger partial charge in [0.15, 0.2) is 0 Å². The molecule has 0 aliphatic rings. The minimum Gasteiger partial charge on any atom is -0.386 e. The second-order valence-electron chi connectivity index (χ2n) is 4.63. The van der Waals surface area contributed by atoms with Crippen LogP contribution in [0.15, 0.2) is 54.6 Å². The quantitative estimate of drug-likeness (QED) is 0.899. The van der Waals surface area contributed by atoms with Gasteiger partial charge in [-0.3, -0.25) is 4.79 Å². The molecule has 2 aromatic rings. The van der Waals surface area contributed by atoms with Gasteiger partial charge in [0.25, 0.3) is 5.91 Å². The van der Waals surface area contributed by atoms with Gasteiger partial charge in [-0.15, -0.1) is 0 Å². The number of amides is 1. The molecule has 4 heteroatoms. The van der Waals surface area contributed by atoms with Crippen molar-refractivity contribution in [3.8, 4) is 0 Å². The smallest absolute Gasteiger partial charge is 0.251 e. The van der Waals surface area contributed by atoms with Crippen LogP contribution in [0.3, 0.4) is 0 Å². The Kier molecular flexibility index (Phi) is 4.48. The van der Waals surface area contributed by atoms with E-state index in [1.807, 2.05) is 18.2 Å². The Hall–Kier alpha value is -2.20. The molecule has 2 unspecified atom stereocenters. The number of carbonyl (C=O) groups is 1. The molecule has 3 nitrogen and oxygen atoms in total. The number of nitrogens with one attached hydrogen (secondary N) is 1. The van der Waals surface area contributed by atoms with E-state index >= 15 is 0 Å². The fourth-order valence-corrected chi connectivity index (χ4v) is 1.94. The number of benzene rings is 2. The van der Waals surface area contributed by atoms with E-state index in [4.69, 9.17) is 0 Å². The molecule has 0 saturated heterocycles. The van der Waals surface area contributed by atoms with Gasteiger partial charge in [-0.05, 0) is 30.7 Å². The monoisotopic (exact) mass is 273 g/mol. The van der Waals surface area contributed by atoms with E-state index in [0.29, 0.717) is 0 Å². The lowest BCUT2D eigenvalue weighted by Crippen LogP contribution is -2.37. The van der Waals surface area contributed by atoms with E-state index in [0.717, 1.165) is 11.6 Å². The maximum atomic E-state index is 13.1. The number of carbonyl (C=O) groups excluding carboxylic acids is 1. The van der Waals surface area contributed by atoms with Gasteiger partial charge in [0.05, 0.1) is 12.1 Å². The van der Waals surface area contributed by atoms with Crippen molar-refractivity contribution in [2.45, 2.75) is 19.1 Å². The molecule has 2 aromatic carbocycles. The van der Waals surface area contributed by atoms with Gasteiger partial charge in [0.2, 0.25) is 0 Å². The number of hydrogen-bond donors (Lipinski definition) is 2. The maximum Gasteiger partial charge on any atom is 0.251 e. The standard InChI is InChI=1S/C16H16FNO2/c1-11(15(19)12-6-3-2-4-7-12)18-16(20)13-8-5-9-14(17)10-13/h2-11,15,19H,1H3,(H,18,20). The molecule has 104 valence electrons. The van der Waals surface area contributed by atoms with Crippen molar-refractivity contribution in [2.75, 3.05) is 0 Å². The molecule has 0 spiro atoms. The molecule has 2 rings (SSSR count). The number of halogens is 1. The van der Waals surface area contributed by atoms with Crippen LogP contribution in [0.2, 0.25) is 0 Å². The van der Waals surface area contributed by atoms with E-state index in [1.165, 1.54) is 18.2 Å². The summed E-state index contributed by atoms with van der Waals surface area (Å²) < 4.78 is 13.1. The Morgan fingerprint density at radius 1 is 1.15 bits per heavy atom. The van der Waals surface area contributed by atoms with Crippen LogP contribution >= 0.6 is 0 Å². The number of hydrogen-bond acceptors (Lipinski definition) is 2. The third-order valence-corrected chi connectivity index (χ3v) is 3.06. The zero-order chi connectivity index (χ0) is 14.5. The second-order valence-corrected chi connectivity index (χ2v) is 4.63. The lowest BCUT2D eigenvalue weighted by Gasteiger charge is -2.20. The summed E-state index contributed by atoms with van der Waals surface area (Å²) in [4.78, 5) is 12.0. The van der Waals surface area contributed by atoms with E-state index in [9.17, 15) is 14.3 Å². The van der Waals surface area contributed by atoms with Crippen molar-refractivity contribution in [2.24, 2.45) is 0 Å². The fourth-order valence-electron chi connectivity index (χ4n) is 1.94. The number of aliphatic hydroxyl groups is 1. The molecule has 0 radical (unpaired) electrons. The summed E-state index contributed by atoms with van der Waals surface area (Å²) in [6.07, 6.45) is -0.811. The Labute approximate surface area is 117 Å². The molecule has 0 saturated carbocycles. The topological polar surface area (TPSA) is 49.3 Å². The molecule has 0 heterocycles. The predicted octanol–water partition coefficient (Wildman–Crippen LogP) is 2.68. The first-order valence-electron chi connectivity index (χ1n) is 6.37. The van der Waals surface area contributed by atoms with Crippen molar-refractivity contribution >= 4 is 5.91 Å². The molecule has 1 amide bonds. The molecular formula is C16H16FNO2. The Morgan fingerprint density at radius 3 is 2.50 bits per heavy atom. The van der Waals surface area contributed by atoms with Gasteiger partial charge in [0.1, 0.15) is 5.82 Å². The van der Waals surface area contributed by atoms with Crippen LogP contribution in [-0.4, -0.2) is 17.1 Å². The lowest BCUT2D eigenvalue weighted by molar-refractivity contribution is 0.0851. The third-order valence-electron chi connectivity index (χ3n) is 3.06. The highest BCUT2D eigenvalue weighted by Crippen LogP contribution is 2.16. The maximum absolute atomic E-state index is 13.1. The molecule has 0 fully saturated rings. The Bertz CT molecular complexity index is 586. The molecule has 2 N–H and O–H groups in total. The number of rotatable bonds is 4. The van der Waals surface area contributed by atoms with Crippen LogP contribution in [0, 0.1) is 5.82 Å². The first kappa shape index (κ1) is 14.2. The van der Waals surface area contributed by atoms with E-state index in [-0.39, 0.29) is 5.56 Å². The van der Waals surface area contributed by atoms with Gasteiger partial charge >= 0.3 is 0 Å². The summed E-state index contributed by atoms with van der Waals surface area (Å²) in [7, 11) is 0. The molecule has 0 aromatic heterocycles. The highest BCUT2D eigenvalue weighted by molar-refractivity contribution is 5.94. The Morgan fingerprint density at radius 2 is 1.85 bits per heavy atom. The fraction of sp³-hybridized carbons (Fsp3) is 0.188. The first-order chi connectivity index (χ1) is 9.58. The van der Waals surface area contributed by atoms with Crippen molar-refractivity contribution in [1.82, 2.24) is 5.32 Å². The summed E-state index contributed by atoms with van der Waals surface area (Å²) in [6, 6.07) is 14.0. The summed E-state index contributed by atoms with van der Waals surface area (Å²) in [5.41, 5.74) is 0.955. The van der Waals surface area contributed by atoms with Crippen LogP contribution in [-0.2, 0) is 0 Å². The van der Waals surface area contributed by atoms with Crippen molar-refractivity contribution < 1.29 is 14.3 Å². The van der Waals surface area contributed by atoms with Gasteiger partial charge in [0, 0.05) is 5.56 Å². The SMILES string of the molecule is CC(NC(=O)c1cccc(F)c1)C(O)c1ccccc1. The van der Waals surface area contributed by atoms with Crippen molar-refractivity contribution in [3.63, 3.8) is 0 Å². The molecule has 0 aliphatic heterocycles. The van der Waals surface area contributed by atoms with Crippen molar-refractivity contribution in [1.29, 1.82) is 0 Å². The van der Waals surface area contributed by atoms with Crippen LogP contribution in [0.1, 0.15) is 28.9 Å². The largest absolute Gasteiger partial charge is 0.386 e. The minimum atomic E-state index is -0.811. The highest BCUT2D eigenvalue weighted by atomic mass is 19.1. The van der Waals surface area contributed by atoms with Crippen LogP contribution < -0.4 is 5.32 Å². The molecule has 2 atom stereocenters. The Balaban J connectivity index is 2.04. The van der Waals surface area contributed by atoms with Crippen LogP contribution in [0.5, 0.6) is 0 Å². The average Bonchev–Trinajstić information content (AvgIpc) is 2.47. The third kappa shape index (κ3) is 3.42. The first-order valence-corrected chi connectivity index (χ1v) is 6.37. The van der Waals surface area contributed by atoms with Crippen LogP contribution in [0.4, 0.5) is 4.39 Å². The number of aliphatic hydroxyl groups excluding tert-OH is 1. The highest BCUT2D eigenvalue weighted by Gasteiger charge is 2.18. The normalized spacial score (nSPS) is 13.6. The zero-order valence-electron chi connectivity index (χ0n) is 11.1. The van der Waals surface area contributed by atoms with Gasteiger partial charge in [-0.1, -0.05) is 36.4 Å². The van der Waals surface area contributed by atoms with Crippen molar-refractivity contribution in [3.05, 3.63) is 71.5 Å². The summed E-state index contributed by atoms with van der Waals surface area (Å²) in [5, 5.41) is 12.8. The zero-order valence-corrected chi connectivity index (χ0v) is 11.1. The van der Waals surface area contributed by atoms with E-state index in [1.54, 1.807) is 19.1 Å². The van der Waals surface area contributed by atoms with Gasteiger partial charge in [-0.2, -0.15) is 0 Å². The van der Waals surface area contributed by atoms with Gasteiger partial charge < -0.3 is 10.4 Å². The molecular weight excluding hydrogens is 257 g/mol. The molecule has 0 aliphatic carbocycles. The summed E-state index contributed by atoms with van der Waals surface area (Å²) >= 11 is 0. The second kappa shape index (κ2) is 6.30. The minimum absolute atomic E-state index is 0.233. The average molecular weight is 273 g/mol. The van der Waals surface area contributed by atoms with E-state index < -0.39 is 23.9 Å².